The van der Waals surface area contributed by atoms with Gasteiger partial charge in [-0.25, -0.2) is 0 Å². The van der Waals surface area contributed by atoms with Crippen molar-refractivity contribution in [3.05, 3.63) is 54.1 Å². The minimum atomic E-state index is -0.0663. The Morgan fingerprint density at radius 3 is 2.35 bits per heavy atom. The highest BCUT2D eigenvalue weighted by atomic mass is 16.5. The fraction of sp³-hybridized carbons (Fsp3) is 0.188. The zero-order chi connectivity index (χ0) is 14.4. The van der Waals surface area contributed by atoms with E-state index >= 15 is 0 Å². The molecule has 0 unspecified atom stereocenters. The van der Waals surface area contributed by atoms with E-state index in [0.29, 0.717) is 6.42 Å². The average molecular weight is 271 g/mol. The maximum absolute atomic E-state index is 12.0. The van der Waals surface area contributed by atoms with Crippen molar-refractivity contribution in [3.63, 3.8) is 0 Å². The second kappa shape index (κ2) is 6.61. The minimum Gasteiger partial charge on any atom is -0.497 e. The van der Waals surface area contributed by atoms with Crippen LogP contribution in [0.15, 0.2) is 48.5 Å². The molecule has 0 saturated heterocycles. The largest absolute Gasteiger partial charge is 0.497 e. The van der Waals surface area contributed by atoms with E-state index in [4.69, 9.17) is 9.47 Å². The number of rotatable bonds is 5. The highest BCUT2D eigenvalue weighted by molar-refractivity contribution is 5.92. The number of hydrogen-bond acceptors (Lipinski definition) is 3. The molecule has 2 aromatic carbocycles. The van der Waals surface area contributed by atoms with E-state index in [1.165, 1.54) is 0 Å². The van der Waals surface area contributed by atoms with E-state index in [0.717, 1.165) is 22.7 Å². The number of carbonyl (C=O) groups excluding carboxylic acids is 1. The quantitative estimate of drug-likeness (QED) is 0.909. The Morgan fingerprint density at radius 1 is 1.00 bits per heavy atom. The first kappa shape index (κ1) is 13.9. The van der Waals surface area contributed by atoms with Crippen molar-refractivity contribution in [1.29, 1.82) is 0 Å². The molecule has 20 heavy (non-hydrogen) atoms. The molecule has 0 spiro atoms. The zero-order valence-corrected chi connectivity index (χ0v) is 11.6. The third-order valence-corrected chi connectivity index (χ3v) is 2.87. The number of benzene rings is 2. The van der Waals surface area contributed by atoms with Crippen molar-refractivity contribution in [1.82, 2.24) is 0 Å². The molecule has 0 radical (unpaired) electrons. The van der Waals surface area contributed by atoms with Crippen molar-refractivity contribution in [2.75, 3.05) is 19.5 Å². The van der Waals surface area contributed by atoms with Crippen molar-refractivity contribution in [2.24, 2.45) is 0 Å². The zero-order valence-electron chi connectivity index (χ0n) is 11.6. The minimum absolute atomic E-state index is 0.0663. The van der Waals surface area contributed by atoms with Crippen molar-refractivity contribution in [2.45, 2.75) is 6.42 Å². The second-order valence-electron chi connectivity index (χ2n) is 4.30. The van der Waals surface area contributed by atoms with Crippen LogP contribution in [0.5, 0.6) is 11.5 Å². The summed E-state index contributed by atoms with van der Waals surface area (Å²) in [5, 5.41) is 2.84. The first-order chi connectivity index (χ1) is 9.71. The average Bonchev–Trinajstić information content (AvgIpc) is 2.48. The first-order valence-electron chi connectivity index (χ1n) is 6.28. The summed E-state index contributed by atoms with van der Waals surface area (Å²) in [6.45, 7) is 0. The molecule has 4 nitrogen and oxygen atoms in total. The van der Waals surface area contributed by atoms with Crippen LogP contribution in [0.4, 0.5) is 5.69 Å². The number of amides is 1. The lowest BCUT2D eigenvalue weighted by atomic mass is 10.1. The van der Waals surface area contributed by atoms with Crippen LogP contribution < -0.4 is 14.8 Å². The third-order valence-electron chi connectivity index (χ3n) is 2.87. The molecule has 0 aliphatic heterocycles. The van der Waals surface area contributed by atoms with Gasteiger partial charge in [-0.3, -0.25) is 4.79 Å². The van der Waals surface area contributed by atoms with Crippen LogP contribution in [-0.2, 0) is 11.2 Å². The molecule has 0 saturated carbocycles. The van der Waals surface area contributed by atoms with Gasteiger partial charge in [-0.05, 0) is 42.0 Å². The van der Waals surface area contributed by atoms with Gasteiger partial charge in [0.25, 0.3) is 0 Å². The standard InChI is InChI=1S/C16H17NO3/c1-19-14-8-6-13(7-9-14)17-16(18)11-12-4-3-5-15(10-12)20-2/h3-10H,11H2,1-2H3,(H,17,18). The van der Waals surface area contributed by atoms with Gasteiger partial charge < -0.3 is 14.8 Å². The second-order valence-corrected chi connectivity index (χ2v) is 4.30. The van der Waals surface area contributed by atoms with Crippen molar-refractivity contribution < 1.29 is 14.3 Å². The number of anilines is 1. The maximum Gasteiger partial charge on any atom is 0.228 e. The lowest BCUT2D eigenvalue weighted by Gasteiger charge is -2.07. The smallest absolute Gasteiger partial charge is 0.228 e. The molecule has 0 heterocycles. The van der Waals surface area contributed by atoms with E-state index < -0.39 is 0 Å². The maximum atomic E-state index is 12.0. The highest BCUT2D eigenvalue weighted by Crippen LogP contribution is 2.16. The van der Waals surface area contributed by atoms with Crippen molar-refractivity contribution >= 4 is 11.6 Å². The summed E-state index contributed by atoms with van der Waals surface area (Å²) in [5.74, 6) is 1.44. The molecule has 0 aliphatic rings. The number of carbonyl (C=O) groups is 1. The van der Waals surface area contributed by atoms with Gasteiger partial charge in [0.1, 0.15) is 11.5 Å². The summed E-state index contributed by atoms with van der Waals surface area (Å²) < 4.78 is 10.2. The van der Waals surface area contributed by atoms with E-state index in [9.17, 15) is 4.79 Å². The molecule has 0 fully saturated rings. The molecule has 2 rings (SSSR count). The molecule has 1 amide bonds. The summed E-state index contributed by atoms with van der Waals surface area (Å²) in [5.41, 5.74) is 1.66. The van der Waals surface area contributed by atoms with E-state index in [1.54, 1.807) is 26.4 Å². The molecule has 104 valence electrons. The van der Waals surface area contributed by atoms with Crippen LogP contribution in [0.2, 0.25) is 0 Å². The van der Waals surface area contributed by atoms with Gasteiger partial charge in [0, 0.05) is 5.69 Å². The molecule has 0 atom stereocenters. The Balaban J connectivity index is 1.97. The van der Waals surface area contributed by atoms with Crippen LogP contribution in [0.3, 0.4) is 0 Å². The fourth-order valence-electron chi connectivity index (χ4n) is 1.85. The molecule has 0 aromatic heterocycles. The van der Waals surface area contributed by atoms with Gasteiger partial charge in [0.05, 0.1) is 20.6 Å². The van der Waals surface area contributed by atoms with Gasteiger partial charge in [0.15, 0.2) is 0 Å². The van der Waals surface area contributed by atoms with Crippen molar-refractivity contribution in [3.8, 4) is 11.5 Å². The van der Waals surface area contributed by atoms with Crippen LogP contribution in [0, 0.1) is 0 Å². The highest BCUT2D eigenvalue weighted by Gasteiger charge is 2.05. The summed E-state index contributed by atoms with van der Waals surface area (Å²) in [6, 6.07) is 14.7. The van der Waals surface area contributed by atoms with E-state index in [-0.39, 0.29) is 5.91 Å². The van der Waals surface area contributed by atoms with Gasteiger partial charge in [-0.15, -0.1) is 0 Å². The van der Waals surface area contributed by atoms with Gasteiger partial charge in [-0.2, -0.15) is 0 Å². The van der Waals surface area contributed by atoms with Crippen LogP contribution in [0.1, 0.15) is 5.56 Å². The Morgan fingerprint density at radius 2 is 1.70 bits per heavy atom. The lowest BCUT2D eigenvalue weighted by molar-refractivity contribution is -0.115. The molecule has 0 aliphatic carbocycles. The topological polar surface area (TPSA) is 47.6 Å². The van der Waals surface area contributed by atoms with Crippen LogP contribution in [0.25, 0.3) is 0 Å². The van der Waals surface area contributed by atoms with E-state index in [2.05, 4.69) is 5.32 Å². The van der Waals surface area contributed by atoms with Crippen LogP contribution >= 0.6 is 0 Å². The first-order valence-corrected chi connectivity index (χ1v) is 6.28. The molecule has 4 heteroatoms. The molecule has 0 bridgehead atoms. The monoisotopic (exact) mass is 271 g/mol. The van der Waals surface area contributed by atoms with Gasteiger partial charge in [0.2, 0.25) is 5.91 Å². The van der Waals surface area contributed by atoms with Gasteiger partial charge in [-0.1, -0.05) is 12.1 Å². The summed E-state index contributed by atoms with van der Waals surface area (Å²) in [6.07, 6.45) is 0.309. The Hall–Kier alpha value is -2.49. The Bertz CT molecular complexity index is 579. The lowest BCUT2D eigenvalue weighted by Crippen LogP contribution is -2.14. The summed E-state index contributed by atoms with van der Waals surface area (Å²) in [4.78, 5) is 12.0. The van der Waals surface area contributed by atoms with Crippen LogP contribution in [-0.4, -0.2) is 20.1 Å². The predicted octanol–water partition coefficient (Wildman–Crippen LogP) is 2.89. The summed E-state index contributed by atoms with van der Waals surface area (Å²) >= 11 is 0. The molecular weight excluding hydrogens is 254 g/mol. The molecule has 2 aromatic rings. The summed E-state index contributed by atoms with van der Waals surface area (Å²) in [7, 11) is 3.22. The number of methoxy groups -OCH3 is 2. The third kappa shape index (κ3) is 3.75. The van der Waals surface area contributed by atoms with Gasteiger partial charge >= 0.3 is 0 Å². The molecule has 1 N–H and O–H groups in total. The van der Waals surface area contributed by atoms with E-state index in [1.807, 2.05) is 36.4 Å². The fourth-order valence-corrected chi connectivity index (χ4v) is 1.85. The number of hydrogen-bond donors (Lipinski definition) is 1. The Kier molecular flexibility index (Phi) is 4.60. The SMILES string of the molecule is COc1ccc(NC(=O)Cc2cccc(OC)c2)cc1. The Labute approximate surface area is 118 Å². The predicted molar refractivity (Wildman–Crippen MR) is 78.3 cm³/mol. The normalized spacial score (nSPS) is 9.90. The molecular formula is C16H17NO3. The number of nitrogens with one attached hydrogen (secondary N) is 1. The number of ether oxygens (including phenoxy) is 2.